The zero-order valence-corrected chi connectivity index (χ0v) is 12.4. The van der Waals surface area contributed by atoms with Gasteiger partial charge in [0.1, 0.15) is 11.6 Å². The van der Waals surface area contributed by atoms with Gasteiger partial charge in [-0.1, -0.05) is 30.3 Å². The number of rotatable bonds is 8. The SMILES string of the molecule is CC(=O)CC[C@@H](NS(=O)(=O)Cc1ccccc1)C(C)=O. The highest BCUT2D eigenvalue weighted by atomic mass is 32.2. The maximum Gasteiger partial charge on any atom is 0.216 e. The second-order valence-electron chi connectivity index (χ2n) is 4.77. The lowest BCUT2D eigenvalue weighted by Crippen LogP contribution is -2.40. The van der Waals surface area contributed by atoms with E-state index in [0.717, 1.165) is 0 Å². The van der Waals surface area contributed by atoms with Gasteiger partial charge in [0.2, 0.25) is 10.0 Å². The van der Waals surface area contributed by atoms with Crippen LogP contribution < -0.4 is 4.72 Å². The first-order valence-corrected chi connectivity index (χ1v) is 7.99. The average molecular weight is 297 g/mol. The van der Waals surface area contributed by atoms with Crippen LogP contribution in [0.5, 0.6) is 0 Å². The summed E-state index contributed by atoms with van der Waals surface area (Å²) in [6.45, 7) is 2.73. The van der Waals surface area contributed by atoms with Gasteiger partial charge in [-0.25, -0.2) is 13.1 Å². The molecule has 5 nitrogen and oxygen atoms in total. The molecule has 1 aromatic rings. The van der Waals surface area contributed by atoms with Gasteiger partial charge >= 0.3 is 0 Å². The monoisotopic (exact) mass is 297 g/mol. The Balaban J connectivity index is 2.71. The van der Waals surface area contributed by atoms with Crippen LogP contribution in [0, 0.1) is 0 Å². The molecule has 1 rings (SSSR count). The summed E-state index contributed by atoms with van der Waals surface area (Å²) < 4.78 is 26.4. The minimum Gasteiger partial charge on any atom is -0.300 e. The lowest BCUT2D eigenvalue weighted by molar-refractivity contribution is -0.119. The third kappa shape index (κ3) is 6.08. The Hall–Kier alpha value is -1.53. The smallest absolute Gasteiger partial charge is 0.216 e. The number of nitrogens with one attached hydrogen (secondary N) is 1. The van der Waals surface area contributed by atoms with E-state index in [2.05, 4.69) is 4.72 Å². The first-order chi connectivity index (χ1) is 9.30. The van der Waals surface area contributed by atoms with Gasteiger partial charge in [0.15, 0.2) is 0 Å². The number of carbonyl (C=O) groups excluding carboxylic acids is 2. The molecule has 0 aromatic heterocycles. The summed E-state index contributed by atoms with van der Waals surface area (Å²) in [5, 5.41) is 0. The van der Waals surface area contributed by atoms with Crippen molar-refractivity contribution in [2.24, 2.45) is 0 Å². The molecule has 0 unspecified atom stereocenters. The second kappa shape index (κ2) is 7.31. The molecule has 0 radical (unpaired) electrons. The standard InChI is InChI=1S/C14H19NO4S/c1-11(16)8-9-14(12(2)17)15-20(18,19)10-13-6-4-3-5-7-13/h3-7,14-15H,8-10H2,1-2H3/t14-/m1/s1. The third-order valence-electron chi connectivity index (χ3n) is 2.80. The predicted molar refractivity (Wildman–Crippen MR) is 76.6 cm³/mol. The average Bonchev–Trinajstić information content (AvgIpc) is 2.34. The van der Waals surface area contributed by atoms with Crippen molar-refractivity contribution in [1.29, 1.82) is 0 Å². The van der Waals surface area contributed by atoms with Crippen LogP contribution in [0.15, 0.2) is 30.3 Å². The van der Waals surface area contributed by atoms with E-state index in [4.69, 9.17) is 0 Å². The highest BCUT2D eigenvalue weighted by molar-refractivity contribution is 7.88. The minimum atomic E-state index is -3.61. The van der Waals surface area contributed by atoms with Crippen LogP contribution in [0.25, 0.3) is 0 Å². The Bertz CT molecular complexity index is 566. The fourth-order valence-corrected chi connectivity index (χ4v) is 3.18. The lowest BCUT2D eigenvalue weighted by atomic mass is 10.1. The van der Waals surface area contributed by atoms with Crippen LogP contribution >= 0.6 is 0 Å². The molecule has 0 aliphatic rings. The Morgan fingerprint density at radius 3 is 2.25 bits per heavy atom. The van der Waals surface area contributed by atoms with E-state index in [1.54, 1.807) is 30.3 Å². The molecule has 0 bridgehead atoms. The van der Waals surface area contributed by atoms with Crippen LogP contribution in [0.3, 0.4) is 0 Å². The Kier molecular flexibility index (Phi) is 6.04. The first kappa shape index (κ1) is 16.5. The molecule has 0 aliphatic heterocycles. The van der Waals surface area contributed by atoms with Gasteiger partial charge in [0.25, 0.3) is 0 Å². The molecule has 1 aromatic carbocycles. The van der Waals surface area contributed by atoms with E-state index in [0.29, 0.717) is 5.56 Å². The summed E-state index contributed by atoms with van der Waals surface area (Å²) >= 11 is 0. The molecule has 0 heterocycles. The summed E-state index contributed by atoms with van der Waals surface area (Å²) in [5.41, 5.74) is 0.647. The van der Waals surface area contributed by atoms with E-state index in [1.807, 2.05) is 0 Å². The van der Waals surface area contributed by atoms with Crippen LogP contribution in [0.1, 0.15) is 32.3 Å². The zero-order valence-electron chi connectivity index (χ0n) is 11.6. The zero-order chi connectivity index (χ0) is 15.2. The molecule has 0 amide bonds. The van der Waals surface area contributed by atoms with E-state index in [9.17, 15) is 18.0 Å². The molecule has 0 spiro atoms. The lowest BCUT2D eigenvalue weighted by Gasteiger charge is -2.15. The molecule has 20 heavy (non-hydrogen) atoms. The highest BCUT2D eigenvalue weighted by Crippen LogP contribution is 2.07. The van der Waals surface area contributed by atoms with Gasteiger partial charge < -0.3 is 4.79 Å². The summed E-state index contributed by atoms with van der Waals surface area (Å²) in [4.78, 5) is 22.4. The molecule has 110 valence electrons. The number of ketones is 2. The molecule has 0 aliphatic carbocycles. The van der Waals surface area contributed by atoms with E-state index >= 15 is 0 Å². The summed E-state index contributed by atoms with van der Waals surface area (Å²) in [5.74, 6) is -0.543. The van der Waals surface area contributed by atoms with Crippen LogP contribution in [0.2, 0.25) is 0 Å². The number of sulfonamides is 1. The summed E-state index contributed by atoms with van der Waals surface area (Å²) in [7, 11) is -3.61. The normalized spacial score (nSPS) is 12.9. The van der Waals surface area contributed by atoms with Crippen molar-refractivity contribution in [2.75, 3.05) is 0 Å². The molecular formula is C14H19NO4S. The fraction of sp³-hybridized carbons (Fsp3) is 0.429. The van der Waals surface area contributed by atoms with Gasteiger partial charge in [-0.05, 0) is 25.8 Å². The maximum atomic E-state index is 12.0. The second-order valence-corrected chi connectivity index (χ2v) is 6.52. The van der Waals surface area contributed by atoms with Crippen molar-refractivity contribution in [2.45, 2.75) is 38.5 Å². The predicted octanol–water partition coefficient (Wildman–Crippen LogP) is 1.43. The molecule has 6 heteroatoms. The van der Waals surface area contributed by atoms with Crippen molar-refractivity contribution < 1.29 is 18.0 Å². The highest BCUT2D eigenvalue weighted by Gasteiger charge is 2.22. The maximum absolute atomic E-state index is 12.0. The van der Waals surface area contributed by atoms with Crippen LogP contribution in [-0.4, -0.2) is 26.0 Å². The quantitative estimate of drug-likeness (QED) is 0.787. The number of benzene rings is 1. The fourth-order valence-electron chi connectivity index (χ4n) is 1.74. The van der Waals surface area contributed by atoms with Gasteiger partial charge in [-0.15, -0.1) is 0 Å². The summed E-state index contributed by atoms with van der Waals surface area (Å²) in [6, 6.07) is 7.88. The third-order valence-corrected chi connectivity index (χ3v) is 4.15. The van der Waals surface area contributed by atoms with Crippen LogP contribution in [-0.2, 0) is 25.4 Å². The van der Waals surface area contributed by atoms with Crippen LogP contribution in [0.4, 0.5) is 0 Å². The number of hydrogen-bond acceptors (Lipinski definition) is 4. The molecule has 1 N–H and O–H groups in total. The van der Waals surface area contributed by atoms with Gasteiger partial charge in [-0.2, -0.15) is 0 Å². The molecule has 0 saturated heterocycles. The molecule has 0 saturated carbocycles. The van der Waals surface area contributed by atoms with Gasteiger partial charge in [-0.3, -0.25) is 4.79 Å². The number of carbonyl (C=O) groups is 2. The topological polar surface area (TPSA) is 80.3 Å². The first-order valence-electron chi connectivity index (χ1n) is 6.34. The van der Waals surface area contributed by atoms with Gasteiger partial charge in [0, 0.05) is 6.42 Å². The van der Waals surface area contributed by atoms with Crippen molar-refractivity contribution >= 4 is 21.6 Å². The Labute approximate surface area is 119 Å². The molecule has 1 atom stereocenters. The molecule has 0 fully saturated rings. The molecular weight excluding hydrogens is 278 g/mol. The summed E-state index contributed by atoms with van der Waals surface area (Å²) in [6.07, 6.45) is 0.372. The Morgan fingerprint density at radius 2 is 1.75 bits per heavy atom. The van der Waals surface area contributed by atoms with E-state index < -0.39 is 16.1 Å². The number of hydrogen-bond donors (Lipinski definition) is 1. The van der Waals surface area contributed by atoms with E-state index in [-0.39, 0.29) is 30.2 Å². The largest absolute Gasteiger partial charge is 0.300 e. The van der Waals surface area contributed by atoms with Crippen molar-refractivity contribution in [3.8, 4) is 0 Å². The van der Waals surface area contributed by atoms with Crippen molar-refractivity contribution in [3.05, 3.63) is 35.9 Å². The Morgan fingerprint density at radius 1 is 1.15 bits per heavy atom. The van der Waals surface area contributed by atoms with Crippen molar-refractivity contribution in [3.63, 3.8) is 0 Å². The number of Topliss-reactive ketones (excluding diaryl/α,β-unsaturated/α-hetero) is 2. The van der Waals surface area contributed by atoms with E-state index in [1.165, 1.54) is 13.8 Å². The van der Waals surface area contributed by atoms with Crippen molar-refractivity contribution in [1.82, 2.24) is 4.72 Å². The minimum absolute atomic E-state index is 0.0708. The van der Waals surface area contributed by atoms with Gasteiger partial charge in [0.05, 0.1) is 11.8 Å².